The zero-order chi connectivity index (χ0) is 42.7. The van der Waals surface area contributed by atoms with Crippen LogP contribution in [0.15, 0.2) is 109 Å². The molecule has 0 saturated carbocycles. The van der Waals surface area contributed by atoms with Gasteiger partial charge in [0.25, 0.3) is 8.32 Å². The molecule has 0 atom stereocenters. The molecule has 6 heteroatoms. The van der Waals surface area contributed by atoms with Crippen molar-refractivity contribution < 1.29 is 24.2 Å². The molecular formula is C53H82O5Si. The quantitative estimate of drug-likeness (QED) is 0.0406. The first-order valence-electron chi connectivity index (χ1n) is 23.5. The Kier molecular flexibility index (Phi) is 29.1. The third-order valence-electron chi connectivity index (χ3n) is 11.3. The lowest BCUT2D eigenvalue weighted by molar-refractivity contribution is -0.138. The minimum Gasteiger partial charge on any atom is -0.481 e. The van der Waals surface area contributed by atoms with E-state index in [0.717, 1.165) is 77.0 Å². The number of benzene rings is 2. The maximum absolute atomic E-state index is 10.6. The van der Waals surface area contributed by atoms with Gasteiger partial charge >= 0.3 is 11.9 Å². The van der Waals surface area contributed by atoms with E-state index in [9.17, 15) is 9.59 Å². The van der Waals surface area contributed by atoms with Crippen LogP contribution in [0.2, 0.25) is 5.04 Å². The molecule has 0 heterocycles. The molecule has 5 nitrogen and oxygen atoms in total. The lowest BCUT2D eigenvalue weighted by Gasteiger charge is -2.45. The van der Waals surface area contributed by atoms with Crippen LogP contribution in [-0.2, 0) is 14.0 Å². The summed E-state index contributed by atoms with van der Waals surface area (Å²) in [6.07, 6.45) is 45.8. The minimum atomic E-state index is -2.60. The van der Waals surface area contributed by atoms with Crippen molar-refractivity contribution in [3.8, 4) is 0 Å². The first kappa shape index (κ1) is 51.7. The third kappa shape index (κ3) is 24.4. The molecule has 2 aromatic rings. The van der Waals surface area contributed by atoms with Crippen LogP contribution in [0, 0.1) is 0 Å². The third-order valence-corrected chi connectivity index (χ3v) is 16.4. The van der Waals surface area contributed by atoms with Crippen molar-refractivity contribution in [2.45, 2.75) is 199 Å². The monoisotopic (exact) mass is 827 g/mol. The van der Waals surface area contributed by atoms with Crippen molar-refractivity contribution in [2.75, 3.05) is 0 Å². The second kappa shape index (κ2) is 33.3. The summed E-state index contributed by atoms with van der Waals surface area (Å²) in [4.78, 5) is 21.2. The molecular weight excluding hydrogens is 745 g/mol. The summed E-state index contributed by atoms with van der Waals surface area (Å²) in [5, 5.41) is 20.2. The molecule has 59 heavy (non-hydrogen) atoms. The summed E-state index contributed by atoms with van der Waals surface area (Å²) in [5.74, 6) is -1.40. The topological polar surface area (TPSA) is 83.8 Å². The number of carboxylic acids is 2. The zero-order valence-corrected chi connectivity index (χ0v) is 38.5. The van der Waals surface area contributed by atoms with Crippen molar-refractivity contribution >= 4 is 30.6 Å². The van der Waals surface area contributed by atoms with E-state index in [2.05, 4.69) is 130 Å². The molecule has 0 spiro atoms. The first-order chi connectivity index (χ1) is 28.7. The smallest absolute Gasteiger partial charge is 0.303 e. The lowest BCUT2D eigenvalue weighted by atomic mass is 10.0. The number of allylic oxidation sites excluding steroid dienone is 8. The van der Waals surface area contributed by atoms with Crippen LogP contribution in [0.25, 0.3) is 0 Å². The predicted molar refractivity (Wildman–Crippen MR) is 254 cm³/mol. The Morgan fingerprint density at radius 2 is 0.814 bits per heavy atom. The van der Waals surface area contributed by atoms with E-state index in [4.69, 9.17) is 14.6 Å². The molecule has 0 aromatic heterocycles. The van der Waals surface area contributed by atoms with Crippen molar-refractivity contribution in [3.63, 3.8) is 0 Å². The largest absolute Gasteiger partial charge is 0.481 e. The Hall–Kier alpha value is -3.48. The highest BCUT2D eigenvalue weighted by Crippen LogP contribution is 2.38. The van der Waals surface area contributed by atoms with E-state index < -0.39 is 20.3 Å². The molecule has 0 amide bonds. The Labute approximate surface area is 361 Å². The number of rotatable bonds is 36. The fourth-order valence-corrected chi connectivity index (χ4v) is 12.7. The maximum Gasteiger partial charge on any atom is 0.303 e. The normalized spacial score (nSPS) is 12.6. The predicted octanol–water partition coefficient (Wildman–Crippen LogP) is 14.5. The highest BCUT2D eigenvalue weighted by Gasteiger charge is 2.51. The molecule has 0 saturated heterocycles. The second-order valence-corrected chi connectivity index (χ2v) is 21.7. The average Bonchev–Trinajstić information content (AvgIpc) is 3.21. The standard InChI is InChI=1S/C53H82O5Si/c1-53(2,3)59(49-42-34-30-35-43-49,50-44-36-31-37-45-50)58-48(40-32-26-22-18-14-10-6-4-8-12-16-20-24-28-38-46-51(54)55)41-33-27-23-19-15-11-7-5-9-13-17-21-25-29-39-47-52(56)57/h4-5,8-9,16-17,20-21,30-31,34-37,42-45,48H,6-7,10-15,18-19,22-29,32-33,38-41,46-47H2,1-3H3,(H,54,55)(H,56,57)/b8-4-,9-5-,20-16-,21-17-. The Bertz CT molecular complexity index is 1360. The van der Waals surface area contributed by atoms with Gasteiger partial charge in [-0.3, -0.25) is 9.59 Å². The van der Waals surface area contributed by atoms with Gasteiger partial charge in [-0.2, -0.15) is 0 Å². The molecule has 0 bridgehead atoms. The summed E-state index contributed by atoms with van der Waals surface area (Å²) in [5.41, 5.74) is 0. The molecule has 2 N–H and O–H groups in total. The molecule has 0 unspecified atom stereocenters. The van der Waals surface area contributed by atoms with Gasteiger partial charge in [-0.05, 0) is 105 Å². The van der Waals surface area contributed by atoms with E-state index in [0.29, 0.717) is 0 Å². The van der Waals surface area contributed by atoms with Gasteiger partial charge in [-0.1, -0.05) is 194 Å². The molecule has 2 rings (SSSR count). The van der Waals surface area contributed by atoms with Crippen LogP contribution < -0.4 is 10.4 Å². The van der Waals surface area contributed by atoms with Gasteiger partial charge in [-0.25, -0.2) is 0 Å². The highest BCUT2D eigenvalue weighted by molar-refractivity contribution is 6.99. The second-order valence-electron chi connectivity index (χ2n) is 17.4. The number of hydrogen-bond donors (Lipinski definition) is 2. The number of aliphatic carboxylic acids is 2. The Morgan fingerprint density at radius 1 is 0.492 bits per heavy atom. The van der Waals surface area contributed by atoms with Crippen molar-refractivity contribution in [1.29, 1.82) is 0 Å². The maximum atomic E-state index is 10.6. The van der Waals surface area contributed by atoms with Crippen LogP contribution in [0.4, 0.5) is 0 Å². The van der Waals surface area contributed by atoms with Gasteiger partial charge in [0, 0.05) is 18.9 Å². The van der Waals surface area contributed by atoms with Crippen molar-refractivity contribution in [3.05, 3.63) is 109 Å². The van der Waals surface area contributed by atoms with E-state index in [1.807, 2.05) is 0 Å². The van der Waals surface area contributed by atoms with Crippen LogP contribution in [0.3, 0.4) is 0 Å². The van der Waals surface area contributed by atoms with Gasteiger partial charge in [0.15, 0.2) is 0 Å². The summed E-state index contributed by atoms with van der Waals surface area (Å²) >= 11 is 0. The van der Waals surface area contributed by atoms with Gasteiger partial charge in [0.2, 0.25) is 0 Å². The minimum absolute atomic E-state index is 0.0178. The van der Waals surface area contributed by atoms with Crippen LogP contribution in [-0.4, -0.2) is 36.6 Å². The molecule has 0 radical (unpaired) electrons. The highest BCUT2D eigenvalue weighted by atomic mass is 28.4. The van der Waals surface area contributed by atoms with Gasteiger partial charge in [-0.15, -0.1) is 0 Å². The number of carbonyl (C=O) groups is 2. The van der Waals surface area contributed by atoms with Crippen molar-refractivity contribution in [2.24, 2.45) is 0 Å². The summed E-state index contributed by atoms with van der Waals surface area (Å²) < 4.78 is 7.71. The van der Waals surface area contributed by atoms with Crippen LogP contribution in [0.5, 0.6) is 0 Å². The van der Waals surface area contributed by atoms with Crippen molar-refractivity contribution in [1.82, 2.24) is 0 Å². The number of unbranched alkanes of at least 4 members (excludes halogenated alkanes) is 16. The van der Waals surface area contributed by atoms with Gasteiger partial charge < -0.3 is 14.6 Å². The molecule has 2 aromatic carbocycles. The zero-order valence-electron chi connectivity index (χ0n) is 37.5. The molecule has 0 fully saturated rings. The molecule has 328 valence electrons. The summed E-state index contributed by atoms with van der Waals surface area (Å²) in [6.45, 7) is 7.19. The van der Waals surface area contributed by atoms with Crippen LogP contribution in [0.1, 0.15) is 188 Å². The average molecular weight is 827 g/mol. The Morgan fingerprint density at radius 3 is 1.15 bits per heavy atom. The molecule has 0 aliphatic rings. The number of carboxylic acid groups (broad SMARTS) is 2. The fraction of sp³-hybridized carbons (Fsp3) is 0.585. The summed E-state index contributed by atoms with van der Waals surface area (Å²) in [6, 6.07) is 22.3. The fourth-order valence-electron chi connectivity index (χ4n) is 7.98. The Balaban J connectivity index is 1.82. The first-order valence-corrected chi connectivity index (χ1v) is 25.4. The van der Waals surface area contributed by atoms with Crippen LogP contribution >= 0.6 is 0 Å². The van der Waals surface area contributed by atoms with E-state index in [-0.39, 0.29) is 24.0 Å². The molecule has 0 aliphatic heterocycles. The van der Waals surface area contributed by atoms with E-state index in [1.165, 1.54) is 87.4 Å². The van der Waals surface area contributed by atoms with E-state index in [1.54, 1.807) is 0 Å². The lowest BCUT2D eigenvalue weighted by Crippen LogP contribution is -2.67. The van der Waals surface area contributed by atoms with Gasteiger partial charge in [0.05, 0.1) is 0 Å². The number of hydrogen-bond acceptors (Lipinski definition) is 3. The SMILES string of the molecule is CC(C)(C)[Si](OC(CCCCCCCC/C=C\C/C=C\CCCCC(=O)O)CCCCCCCC/C=C\C/C=C\CCCCC(=O)O)(c1ccccc1)c1ccccc1. The summed E-state index contributed by atoms with van der Waals surface area (Å²) in [7, 11) is -2.60. The molecule has 0 aliphatic carbocycles. The van der Waals surface area contributed by atoms with Gasteiger partial charge in [0.1, 0.15) is 0 Å². The van der Waals surface area contributed by atoms with E-state index >= 15 is 0 Å².